The van der Waals surface area contributed by atoms with Crippen LogP contribution in [-0.2, 0) is 160 Å². The lowest BCUT2D eigenvalue weighted by Gasteiger charge is -2.37. The topological polar surface area (TPSA) is 38.7 Å². The molecule has 74 heavy (non-hydrogen) atoms. The molecule has 2 heterocycles. The molecule has 428 valence electrons. The van der Waals surface area contributed by atoms with Gasteiger partial charge in [-0.2, -0.15) is 0 Å². The van der Waals surface area contributed by atoms with Crippen LogP contribution in [0.15, 0.2) is 24.3 Å². The number of aryl methyl sites for hydroxylation is 5. The van der Waals surface area contributed by atoms with E-state index in [1.54, 1.807) is 107 Å². The zero-order valence-electron chi connectivity index (χ0n) is 47.1. The maximum atomic E-state index is 9.82. The van der Waals surface area contributed by atoms with Crippen molar-refractivity contribution in [2.45, 2.75) is 242 Å². The summed E-state index contributed by atoms with van der Waals surface area (Å²) in [6.07, 6.45) is 28.7. The third kappa shape index (κ3) is 34.0. The van der Waals surface area contributed by atoms with Crippen LogP contribution in [0.4, 0.5) is 0 Å². The minimum Gasteiger partial charge on any atom is -0.508 e. The second-order valence-electron chi connectivity index (χ2n) is 22.6. The summed E-state index contributed by atoms with van der Waals surface area (Å²) in [5.41, 5.74) is 6.27. The van der Waals surface area contributed by atoms with Gasteiger partial charge in [-0.05, 0) is 156 Å². The van der Waals surface area contributed by atoms with Crippen LogP contribution in [0.2, 0.25) is 0 Å². The summed E-state index contributed by atoms with van der Waals surface area (Å²) in [5.74, 6) is 7.70. The fraction of sp³-hybridized carbons (Fsp3) is 0.782. The van der Waals surface area contributed by atoms with E-state index in [2.05, 4.69) is 95.2 Å². The van der Waals surface area contributed by atoms with Crippen molar-refractivity contribution < 1.29 is 14.6 Å². The fourth-order valence-corrected chi connectivity index (χ4v) is 43.0. The number of phenolic OH excluding ortho intramolecular Hbond substituents is 1. The molecule has 2 aliphatic heterocycles. The van der Waals surface area contributed by atoms with Crippen LogP contribution in [0.1, 0.15) is 225 Å². The molecule has 0 fully saturated rings. The van der Waals surface area contributed by atoms with Crippen molar-refractivity contribution in [3.05, 3.63) is 52.1 Å². The molecular formula is C55H94O3S16. The summed E-state index contributed by atoms with van der Waals surface area (Å²) < 4.78 is 13.0. The first kappa shape index (κ1) is 71.5. The highest BCUT2D eigenvalue weighted by molar-refractivity contribution is 8.77. The summed E-state index contributed by atoms with van der Waals surface area (Å²) in [6.45, 7) is 30.1. The molecular weight excluding hydrogens is 1220 g/mol. The fourth-order valence-electron chi connectivity index (χ4n) is 10.0. The van der Waals surface area contributed by atoms with E-state index in [1.165, 1.54) is 156 Å². The van der Waals surface area contributed by atoms with Crippen molar-refractivity contribution >= 4 is 147 Å². The lowest BCUT2D eigenvalue weighted by Crippen LogP contribution is -2.36. The number of rotatable bonds is 24. The lowest BCUT2D eigenvalue weighted by atomic mass is 9.85. The average molecular weight is 1320 g/mol. The van der Waals surface area contributed by atoms with Gasteiger partial charge in [0.15, 0.2) is 0 Å². The van der Waals surface area contributed by atoms with E-state index < -0.39 is 0 Å². The second kappa shape index (κ2) is 42.2. The number of ether oxygens (including phenoxy) is 2. The molecule has 19 heteroatoms. The molecule has 0 amide bonds. The Labute approximate surface area is 502 Å². The number of fused-ring (bicyclic) bond motifs is 2. The molecule has 0 spiro atoms. The smallest absolute Gasteiger partial charge is 0.126 e. The van der Waals surface area contributed by atoms with Crippen LogP contribution in [-0.4, -0.2) is 16.3 Å². The van der Waals surface area contributed by atoms with E-state index in [4.69, 9.17) is 31.8 Å². The molecule has 1 N–H and O–H groups in total. The van der Waals surface area contributed by atoms with Gasteiger partial charge in [0.1, 0.15) is 28.5 Å². The molecule has 0 radical (unpaired) electrons. The Morgan fingerprint density at radius 3 is 1.11 bits per heavy atom. The molecule has 6 atom stereocenters. The highest BCUT2D eigenvalue weighted by atomic mass is 33.5. The molecule has 2 aromatic carbocycles. The van der Waals surface area contributed by atoms with Gasteiger partial charge >= 0.3 is 0 Å². The monoisotopic (exact) mass is 1310 g/mol. The van der Waals surface area contributed by atoms with E-state index in [1.807, 2.05) is 19.1 Å². The molecule has 2 aliphatic rings. The van der Waals surface area contributed by atoms with Crippen LogP contribution in [0.3, 0.4) is 0 Å². The van der Waals surface area contributed by atoms with Gasteiger partial charge in [0.25, 0.3) is 0 Å². The normalized spacial score (nSPS) is 18.0. The van der Waals surface area contributed by atoms with Gasteiger partial charge in [0.2, 0.25) is 0 Å². The largest absolute Gasteiger partial charge is 0.508 e. The average Bonchev–Trinajstić information content (AvgIpc) is 3.33. The van der Waals surface area contributed by atoms with Crippen LogP contribution in [0.25, 0.3) is 0 Å². The van der Waals surface area contributed by atoms with E-state index >= 15 is 0 Å². The molecule has 3 nitrogen and oxygen atoms in total. The van der Waals surface area contributed by atoms with Gasteiger partial charge < -0.3 is 14.6 Å². The predicted octanol–water partition coefficient (Wildman–Crippen LogP) is 17.0. The second-order valence-corrected chi connectivity index (χ2v) is 47.4. The molecule has 0 bridgehead atoms. The van der Waals surface area contributed by atoms with Crippen LogP contribution < -0.4 is 9.47 Å². The maximum absolute atomic E-state index is 9.82. The Kier molecular flexibility index (Phi) is 40.8. The van der Waals surface area contributed by atoms with Gasteiger partial charge in [0, 0.05) is 147 Å². The standard InChI is InChI=1S/C28H48O.C27H46O2.S16/c1-21(2)11-8-12-22(3)13-9-14-23(4)15-10-17-28(7)18-16-26-20-24(5)19-25(6)27(26)29-28;1-20(2)10-7-11-21(3)12-8-13-22(4)14-9-16-27(6)17-15-24-19-25(28)18-23(5)26(24)29-27;1-3-5-7-9-11-13-15-16-14-12-10-8-6-4-2/h19-23H,8-18H2,1-7H3;18-22,28H,7-17H2,1-6H3;/t22-,23-,28-;21-,22-,27-;/m11./s1. The van der Waals surface area contributed by atoms with Gasteiger partial charge in [-0.3, -0.25) is 0 Å². The minimum absolute atomic E-state index is 0.0255. The first-order valence-corrected chi connectivity index (χ1v) is 47.2. The zero-order chi connectivity index (χ0) is 54.8. The maximum Gasteiger partial charge on any atom is 0.126 e. The van der Waals surface area contributed by atoms with Crippen molar-refractivity contribution in [3.63, 3.8) is 0 Å². The highest BCUT2D eigenvalue weighted by Crippen LogP contribution is 2.41. The molecule has 0 saturated carbocycles. The number of phenols is 1. The summed E-state index contributed by atoms with van der Waals surface area (Å²) >= 11 is 9.46. The van der Waals surface area contributed by atoms with Crippen LogP contribution in [0.5, 0.6) is 17.2 Å². The van der Waals surface area contributed by atoms with E-state index in [-0.39, 0.29) is 11.2 Å². The Bertz CT molecular complexity index is 2440. The first-order valence-electron chi connectivity index (χ1n) is 27.2. The molecule has 0 unspecified atom stereocenters. The number of hydrogen-bond donors (Lipinski definition) is 1. The Morgan fingerprint density at radius 1 is 0.446 bits per heavy atom. The van der Waals surface area contributed by atoms with Gasteiger partial charge in [0.05, 0.1) is 0 Å². The van der Waals surface area contributed by atoms with Crippen molar-refractivity contribution in [2.75, 3.05) is 0 Å². The molecule has 0 saturated heterocycles. The third-order valence-corrected chi connectivity index (χ3v) is 43.2. The summed E-state index contributed by atoms with van der Waals surface area (Å²) in [4.78, 5) is 0. The van der Waals surface area contributed by atoms with Gasteiger partial charge in [-0.1, -0.05) is 163 Å². The van der Waals surface area contributed by atoms with Crippen molar-refractivity contribution in [1.82, 2.24) is 0 Å². The molecule has 0 aromatic heterocycles. The lowest BCUT2D eigenvalue weighted by molar-refractivity contribution is 0.0512. The Morgan fingerprint density at radius 2 is 0.757 bits per heavy atom. The highest BCUT2D eigenvalue weighted by Gasteiger charge is 2.33. The Balaban J connectivity index is 0.000000398. The Hall–Kier alpha value is 1.36. The molecule has 4 rings (SSSR count). The van der Waals surface area contributed by atoms with Crippen LogP contribution in [0, 0.1) is 56.3 Å². The van der Waals surface area contributed by atoms with Crippen molar-refractivity contribution in [2.24, 2.45) is 35.5 Å². The third-order valence-electron chi connectivity index (χ3n) is 14.3. The van der Waals surface area contributed by atoms with Crippen LogP contribution >= 0.6 is 0 Å². The van der Waals surface area contributed by atoms with Gasteiger partial charge in [-0.25, -0.2) is 0 Å². The van der Waals surface area contributed by atoms with Crippen molar-refractivity contribution in [3.8, 4) is 17.2 Å². The van der Waals surface area contributed by atoms with E-state index in [0.717, 1.165) is 78.1 Å². The number of aromatic hydroxyl groups is 1. The number of benzene rings is 2. The van der Waals surface area contributed by atoms with Crippen molar-refractivity contribution in [1.29, 1.82) is 0 Å². The number of hydrogen-bond acceptors (Lipinski definition) is 5. The minimum atomic E-state index is -0.0562. The van der Waals surface area contributed by atoms with E-state index in [9.17, 15) is 5.11 Å². The first-order chi connectivity index (χ1) is 35.3. The van der Waals surface area contributed by atoms with Gasteiger partial charge in [-0.15, -0.1) is 0 Å². The summed E-state index contributed by atoms with van der Waals surface area (Å²) in [6, 6.07) is 8.26. The summed E-state index contributed by atoms with van der Waals surface area (Å²) in [7, 11) is 23.5. The quantitative estimate of drug-likeness (QED) is 0.113. The molecule has 0 aliphatic carbocycles. The SMILES string of the molecule is Cc1cc(C)c2c(c1)CC[C@@](C)(CCC[C@H](C)CCC[C@H](C)CCCC(C)C)O2.Cc1cc(O)cc2c1O[C@](C)(CCC[C@H](C)CCC[C@H](C)CCCC(C)C)CC2.S=S=S=S=S=S=S=S=S=S=S=S=S=S=S=S. The molecule has 2 aromatic rings. The summed E-state index contributed by atoms with van der Waals surface area (Å²) in [5, 5.41) is 9.82. The van der Waals surface area contributed by atoms with E-state index in [0.29, 0.717) is 5.75 Å². The zero-order valence-corrected chi connectivity index (χ0v) is 60.2. The predicted molar refractivity (Wildman–Crippen MR) is 371 cm³/mol.